The van der Waals surface area contributed by atoms with E-state index in [1.807, 2.05) is 6.07 Å². The summed E-state index contributed by atoms with van der Waals surface area (Å²) in [4.78, 5) is 15.8. The summed E-state index contributed by atoms with van der Waals surface area (Å²) in [5, 5.41) is 0. The Morgan fingerprint density at radius 3 is 2.81 bits per heavy atom. The lowest BCUT2D eigenvalue weighted by molar-refractivity contribution is -0.143. The summed E-state index contributed by atoms with van der Waals surface area (Å²) >= 11 is 0. The van der Waals surface area contributed by atoms with Crippen LogP contribution in [0, 0.1) is 0 Å². The average molecular weight is 291 g/mol. The van der Waals surface area contributed by atoms with E-state index >= 15 is 0 Å². The van der Waals surface area contributed by atoms with Crippen molar-refractivity contribution in [3.05, 3.63) is 12.1 Å². The predicted molar refractivity (Wildman–Crippen MR) is 76.4 cm³/mol. The number of hydrogen-bond donors (Lipinski definition) is 1. The number of carbonyl (C=O) groups is 1. The van der Waals surface area contributed by atoms with Crippen LogP contribution in [0.2, 0.25) is 0 Å². The largest absolute Gasteiger partial charge is 0.486 e. The normalized spacial score (nSPS) is 13.4. The Labute approximate surface area is 121 Å². The van der Waals surface area contributed by atoms with Crippen molar-refractivity contribution >= 4 is 23.0 Å². The summed E-state index contributed by atoms with van der Waals surface area (Å²) in [7, 11) is 0. The van der Waals surface area contributed by atoms with Gasteiger partial charge in [-0.2, -0.15) is 0 Å². The number of rotatable bonds is 4. The Bertz CT molecular complexity index is 680. The van der Waals surface area contributed by atoms with Crippen molar-refractivity contribution in [1.82, 2.24) is 9.55 Å². The van der Waals surface area contributed by atoms with E-state index in [9.17, 15) is 4.79 Å². The average Bonchev–Trinajstić information content (AvgIpc) is 2.77. The minimum atomic E-state index is -0.253. The second-order valence-corrected chi connectivity index (χ2v) is 4.66. The quantitative estimate of drug-likeness (QED) is 0.855. The van der Waals surface area contributed by atoms with Gasteiger partial charge in [-0.25, -0.2) is 4.98 Å². The minimum Gasteiger partial charge on any atom is -0.486 e. The Morgan fingerprint density at radius 1 is 1.38 bits per heavy atom. The summed E-state index contributed by atoms with van der Waals surface area (Å²) in [5.74, 6) is 1.45. The van der Waals surface area contributed by atoms with Crippen molar-refractivity contribution in [2.45, 2.75) is 19.9 Å². The van der Waals surface area contributed by atoms with E-state index in [0.717, 1.165) is 11.0 Å². The van der Waals surface area contributed by atoms with Gasteiger partial charge in [-0.05, 0) is 6.92 Å². The van der Waals surface area contributed by atoms with Crippen LogP contribution < -0.4 is 15.2 Å². The standard InChI is InChI=1S/C14H17N3O4/c1-2-19-13(18)3-4-17-10-8-12-11(20-5-6-21-12)7-9(10)16-14(17)15/h7-8H,2-6H2,1H3,(H2,15,16). The minimum absolute atomic E-state index is 0.248. The number of nitrogen functional groups attached to an aromatic ring is 1. The van der Waals surface area contributed by atoms with Crippen molar-refractivity contribution in [3.8, 4) is 11.5 Å². The molecular formula is C14H17N3O4. The maximum absolute atomic E-state index is 11.5. The molecule has 0 saturated heterocycles. The fraction of sp³-hybridized carbons (Fsp3) is 0.429. The number of carbonyl (C=O) groups excluding carboxylic acids is 1. The fourth-order valence-corrected chi connectivity index (χ4v) is 2.35. The summed E-state index contributed by atoms with van der Waals surface area (Å²) in [6.07, 6.45) is 0.248. The van der Waals surface area contributed by atoms with Gasteiger partial charge < -0.3 is 24.5 Å². The van der Waals surface area contributed by atoms with Crippen molar-refractivity contribution in [2.24, 2.45) is 0 Å². The number of nitrogens with zero attached hydrogens (tertiary/aromatic N) is 2. The van der Waals surface area contributed by atoms with Gasteiger partial charge in [-0.3, -0.25) is 4.79 Å². The van der Waals surface area contributed by atoms with E-state index in [2.05, 4.69) is 4.98 Å². The number of ether oxygens (including phenoxy) is 3. The Balaban J connectivity index is 1.91. The Kier molecular flexibility index (Phi) is 3.55. The molecule has 0 saturated carbocycles. The number of aromatic nitrogens is 2. The summed E-state index contributed by atoms with van der Waals surface area (Å²) in [6, 6.07) is 3.65. The Hall–Kier alpha value is -2.44. The van der Waals surface area contributed by atoms with Gasteiger partial charge in [0.25, 0.3) is 0 Å². The highest BCUT2D eigenvalue weighted by molar-refractivity contribution is 5.82. The van der Waals surface area contributed by atoms with Crippen molar-refractivity contribution in [1.29, 1.82) is 0 Å². The molecule has 2 heterocycles. The molecule has 112 valence electrons. The van der Waals surface area contributed by atoms with E-state index in [1.165, 1.54) is 0 Å². The number of imidazole rings is 1. The van der Waals surface area contributed by atoms with Gasteiger partial charge in [0.2, 0.25) is 5.95 Å². The van der Waals surface area contributed by atoms with Gasteiger partial charge >= 0.3 is 5.97 Å². The molecule has 0 bridgehead atoms. The maximum atomic E-state index is 11.5. The first-order chi connectivity index (χ1) is 10.2. The number of anilines is 1. The molecule has 0 aliphatic carbocycles. The predicted octanol–water partition coefficient (Wildman–Crippen LogP) is 1.34. The zero-order valence-corrected chi connectivity index (χ0v) is 11.8. The molecule has 2 aromatic rings. The lowest BCUT2D eigenvalue weighted by atomic mass is 10.2. The molecule has 0 radical (unpaired) electrons. The molecule has 0 fully saturated rings. The van der Waals surface area contributed by atoms with Crippen LogP contribution in [0.4, 0.5) is 5.95 Å². The fourth-order valence-electron chi connectivity index (χ4n) is 2.35. The van der Waals surface area contributed by atoms with Crippen molar-refractivity contribution in [3.63, 3.8) is 0 Å². The number of esters is 1. The summed E-state index contributed by atoms with van der Waals surface area (Å²) < 4.78 is 17.8. The van der Waals surface area contributed by atoms with Crippen LogP contribution >= 0.6 is 0 Å². The number of benzene rings is 1. The van der Waals surface area contributed by atoms with Crippen molar-refractivity contribution in [2.75, 3.05) is 25.6 Å². The third kappa shape index (κ3) is 2.58. The van der Waals surface area contributed by atoms with Crippen LogP contribution in [0.25, 0.3) is 11.0 Å². The van der Waals surface area contributed by atoms with E-state index in [1.54, 1.807) is 17.6 Å². The second-order valence-electron chi connectivity index (χ2n) is 4.66. The molecule has 0 spiro atoms. The van der Waals surface area contributed by atoms with Crippen LogP contribution in [0.1, 0.15) is 13.3 Å². The van der Waals surface area contributed by atoms with Gasteiger partial charge in [0.1, 0.15) is 13.2 Å². The molecule has 2 N–H and O–H groups in total. The highest BCUT2D eigenvalue weighted by atomic mass is 16.6. The molecule has 1 aliphatic rings. The zero-order chi connectivity index (χ0) is 14.8. The smallest absolute Gasteiger partial charge is 0.307 e. The summed E-state index contributed by atoms with van der Waals surface area (Å²) in [5.41, 5.74) is 7.47. The SMILES string of the molecule is CCOC(=O)CCn1c(N)nc2cc3c(cc21)OCCO3. The lowest BCUT2D eigenvalue weighted by Gasteiger charge is -2.18. The molecule has 7 nitrogen and oxygen atoms in total. The molecular weight excluding hydrogens is 274 g/mol. The second kappa shape index (κ2) is 5.51. The van der Waals surface area contributed by atoms with Crippen LogP contribution in [0.5, 0.6) is 11.5 Å². The Morgan fingerprint density at radius 2 is 2.10 bits per heavy atom. The number of hydrogen-bond acceptors (Lipinski definition) is 6. The number of aryl methyl sites for hydroxylation is 1. The van der Waals surface area contributed by atoms with Crippen LogP contribution in [-0.2, 0) is 16.1 Å². The van der Waals surface area contributed by atoms with Crippen molar-refractivity contribution < 1.29 is 19.0 Å². The molecule has 1 aromatic heterocycles. The van der Waals surface area contributed by atoms with Crippen LogP contribution in [0.15, 0.2) is 12.1 Å². The van der Waals surface area contributed by atoms with E-state index in [4.69, 9.17) is 19.9 Å². The van der Waals surface area contributed by atoms with Crippen LogP contribution in [0.3, 0.4) is 0 Å². The number of nitrogens with two attached hydrogens (primary N) is 1. The van der Waals surface area contributed by atoms with Crippen LogP contribution in [-0.4, -0.2) is 35.3 Å². The molecule has 3 rings (SSSR count). The third-order valence-corrected chi connectivity index (χ3v) is 3.29. The van der Waals surface area contributed by atoms with Gasteiger partial charge in [0, 0.05) is 18.7 Å². The van der Waals surface area contributed by atoms with Gasteiger partial charge in [0.15, 0.2) is 11.5 Å². The highest BCUT2D eigenvalue weighted by Gasteiger charge is 2.17. The van der Waals surface area contributed by atoms with E-state index in [-0.39, 0.29) is 12.4 Å². The molecule has 21 heavy (non-hydrogen) atoms. The molecule has 1 aliphatic heterocycles. The van der Waals surface area contributed by atoms with Gasteiger partial charge in [-0.1, -0.05) is 0 Å². The highest BCUT2D eigenvalue weighted by Crippen LogP contribution is 2.35. The topological polar surface area (TPSA) is 88.6 Å². The number of fused-ring (bicyclic) bond motifs is 2. The summed E-state index contributed by atoms with van der Waals surface area (Å²) in [6.45, 7) is 3.61. The van der Waals surface area contributed by atoms with E-state index < -0.39 is 0 Å². The molecule has 7 heteroatoms. The van der Waals surface area contributed by atoms with Gasteiger partial charge in [-0.15, -0.1) is 0 Å². The lowest BCUT2D eigenvalue weighted by Crippen LogP contribution is -2.15. The molecule has 1 aromatic carbocycles. The monoisotopic (exact) mass is 291 g/mol. The first-order valence-corrected chi connectivity index (χ1v) is 6.90. The molecule has 0 atom stereocenters. The zero-order valence-electron chi connectivity index (χ0n) is 11.8. The van der Waals surface area contributed by atoms with E-state index in [0.29, 0.717) is 43.8 Å². The molecule has 0 unspecified atom stereocenters. The first kappa shape index (κ1) is 13.5. The molecule has 0 amide bonds. The van der Waals surface area contributed by atoms with Gasteiger partial charge in [0.05, 0.1) is 24.1 Å². The third-order valence-electron chi connectivity index (χ3n) is 3.29. The first-order valence-electron chi connectivity index (χ1n) is 6.90. The maximum Gasteiger partial charge on any atom is 0.307 e.